The quantitative estimate of drug-likeness (QED) is 0.657. The van der Waals surface area contributed by atoms with Gasteiger partial charge in [0.15, 0.2) is 0 Å². The number of rotatable bonds is 2. The van der Waals surface area contributed by atoms with Gasteiger partial charge in [-0.25, -0.2) is 0 Å². The van der Waals surface area contributed by atoms with Crippen LogP contribution in [0.1, 0.15) is 5.76 Å². The molecule has 0 unspecified atom stereocenters. The average Bonchev–Trinajstić information content (AvgIpc) is 2.65. The van der Waals surface area contributed by atoms with Crippen LogP contribution in [-0.2, 0) is 11.2 Å². The highest BCUT2D eigenvalue weighted by Gasteiger charge is 2.13. The highest BCUT2D eigenvalue weighted by atomic mass is 16.3. The second-order valence-electron chi connectivity index (χ2n) is 2.51. The normalized spacial score (nSPS) is 15.3. The maximum Gasteiger partial charge on any atom is 0.201 e. The summed E-state index contributed by atoms with van der Waals surface area (Å²) < 4.78 is 5.08. The van der Waals surface area contributed by atoms with Crippen LogP contribution < -0.4 is 0 Å². The van der Waals surface area contributed by atoms with Gasteiger partial charge in [0, 0.05) is 12.3 Å². The zero-order valence-corrected chi connectivity index (χ0v) is 6.36. The van der Waals surface area contributed by atoms with Crippen LogP contribution in [0.25, 0.3) is 0 Å². The fourth-order valence-corrected chi connectivity index (χ4v) is 1.07. The number of hydrogen-bond acceptors (Lipinski definition) is 3. The van der Waals surface area contributed by atoms with E-state index < -0.39 is 0 Å². The van der Waals surface area contributed by atoms with Crippen molar-refractivity contribution in [1.29, 1.82) is 0 Å². The molecule has 3 heteroatoms. The molecular formula is C9H7NO2. The van der Waals surface area contributed by atoms with Crippen LogP contribution >= 0.6 is 0 Å². The van der Waals surface area contributed by atoms with Crippen molar-refractivity contribution in [1.82, 2.24) is 0 Å². The summed E-state index contributed by atoms with van der Waals surface area (Å²) in [6.45, 7) is 0. The highest BCUT2D eigenvalue weighted by Crippen LogP contribution is 2.06. The fraction of sp³-hybridized carbons (Fsp3) is 0.111. The lowest BCUT2D eigenvalue weighted by Gasteiger charge is -1.93. The molecule has 2 heterocycles. The van der Waals surface area contributed by atoms with Crippen LogP contribution in [0.2, 0.25) is 0 Å². The zero-order valence-electron chi connectivity index (χ0n) is 6.36. The van der Waals surface area contributed by atoms with E-state index >= 15 is 0 Å². The summed E-state index contributed by atoms with van der Waals surface area (Å²) in [6.07, 6.45) is 5.04. The van der Waals surface area contributed by atoms with Crippen LogP contribution in [0.15, 0.2) is 40.1 Å². The second-order valence-corrected chi connectivity index (χ2v) is 2.51. The summed E-state index contributed by atoms with van der Waals surface area (Å²) in [5, 5.41) is 0. The van der Waals surface area contributed by atoms with Crippen molar-refractivity contribution in [2.75, 3.05) is 0 Å². The van der Waals surface area contributed by atoms with E-state index in [0.29, 0.717) is 12.1 Å². The third-order valence-electron chi connectivity index (χ3n) is 1.66. The van der Waals surface area contributed by atoms with Gasteiger partial charge in [-0.3, -0.25) is 9.79 Å². The van der Waals surface area contributed by atoms with E-state index in [2.05, 4.69) is 4.99 Å². The van der Waals surface area contributed by atoms with Crippen molar-refractivity contribution in [3.05, 3.63) is 36.4 Å². The first-order valence-corrected chi connectivity index (χ1v) is 3.66. The monoisotopic (exact) mass is 161 g/mol. The Kier molecular flexibility index (Phi) is 1.63. The minimum Gasteiger partial charge on any atom is -0.469 e. The van der Waals surface area contributed by atoms with Crippen molar-refractivity contribution < 1.29 is 9.21 Å². The van der Waals surface area contributed by atoms with Gasteiger partial charge in [-0.15, -0.1) is 0 Å². The number of hydrogen-bond donors (Lipinski definition) is 0. The van der Waals surface area contributed by atoms with Crippen LogP contribution in [0, 0.1) is 0 Å². The van der Waals surface area contributed by atoms with Crippen molar-refractivity contribution in [2.24, 2.45) is 4.99 Å². The van der Waals surface area contributed by atoms with Gasteiger partial charge in [0.2, 0.25) is 5.78 Å². The number of carbonyl (C=O) groups excluding carboxylic acids is 1. The van der Waals surface area contributed by atoms with E-state index in [1.165, 1.54) is 12.3 Å². The van der Waals surface area contributed by atoms with Crippen LogP contribution in [-0.4, -0.2) is 11.5 Å². The number of ketones is 1. The molecule has 0 bridgehead atoms. The third kappa shape index (κ3) is 1.21. The Morgan fingerprint density at radius 1 is 1.50 bits per heavy atom. The Morgan fingerprint density at radius 2 is 2.42 bits per heavy atom. The summed E-state index contributed by atoms with van der Waals surface area (Å²) >= 11 is 0. The molecular weight excluding hydrogens is 154 g/mol. The molecule has 0 aromatic carbocycles. The molecule has 0 aliphatic carbocycles. The number of aliphatic imine (C=N–C) groups is 1. The lowest BCUT2D eigenvalue weighted by molar-refractivity contribution is -0.108. The molecule has 0 fully saturated rings. The molecule has 0 spiro atoms. The average molecular weight is 161 g/mol. The van der Waals surface area contributed by atoms with Crippen LogP contribution in [0.4, 0.5) is 0 Å². The van der Waals surface area contributed by atoms with Gasteiger partial charge in [0.1, 0.15) is 5.76 Å². The topological polar surface area (TPSA) is 42.6 Å². The Labute approximate surface area is 69.4 Å². The van der Waals surface area contributed by atoms with E-state index in [9.17, 15) is 4.79 Å². The highest BCUT2D eigenvalue weighted by molar-refractivity contribution is 6.45. The molecule has 60 valence electrons. The number of allylic oxidation sites excluding steroid dienone is 1. The predicted molar refractivity (Wildman–Crippen MR) is 44.0 cm³/mol. The number of nitrogens with zero attached hydrogens (tertiary/aromatic N) is 1. The largest absolute Gasteiger partial charge is 0.469 e. The molecule has 1 aliphatic rings. The SMILES string of the molecule is O=C1C=CN=C1Cc1ccco1. The van der Waals surface area contributed by atoms with Crippen molar-refractivity contribution in [2.45, 2.75) is 6.42 Å². The Hall–Kier alpha value is -1.64. The smallest absolute Gasteiger partial charge is 0.201 e. The van der Waals surface area contributed by atoms with Gasteiger partial charge in [-0.1, -0.05) is 0 Å². The summed E-state index contributed by atoms with van der Waals surface area (Å²) in [5.41, 5.74) is 0.546. The molecule has 0 radical (unpaired) electrons. The van der Waals surface area contributed by atoms with Crippen molar-refractivity contribution in [3.63, 3.8) is 0 Å². The lowest BCUT2D eigenvalue weighted by Crippen LogP contribution is -2.10. The molecule has 1 aliphatic heterocycles. The molecule has 3 nitrogen and oxygen atoms in total. The van der Waals surface area contributed by atoms with E-state index in [1.807, 2.05) is 6.07 Å². The second kappa shape index (κ2) is 2.77. The summed E-state index contributed by atoms with van der Waals surface area (Å²) in [6, 6.07) is 3.62. The van der Waals surface area contributed by atoms with Gasteiger partial charge in [-0.05, 0) is 12.1 Å². The maximum absolute atomic E-state index is 11.0. The zero-order chi connectivity index (χ0) is 8.39. The molecule has 2 rings (SSSR count). The van der Waals surface area contributed by atoms with Crippen LogP contribution in [0.5, 0.6) is 0 Å². The van der Waals surface area contributed by atoms with E-state index in [0.717, 1.165) is 5.76 Å². The molecule has 0 amide bonds. The van der Waals surface area contributed by atoms with Crippen LogP contribution in [0.3, 0.4) is 0 Å². The molecule has 0 atom stereocenters. The molecule has 0 saturated carbocycles. The molecule has 1 aromatic rings. The first-order chi connectivity index (χ1) is 5.86. The number of furan rings is 1. The minimum absolute atomic E-state index is 0.0219. The van der Waals surface area contributed by atoms with Gasteiger partial charge >= 0.3 is 0 Å². The third-order valence-corrected chi connectivity index (χ3v) is 1.66. The first kappa shape index (κ1) is 7.03. The summed E-state index contributed by atoms with van der Waals surface area (Å²) in [5.74, 6) is 0.747. The Morgan fingerprint density at radius 3 is 3.00 bits per heavy atom. The summed E-state index contributed by atoms with van der Waals surface area (Å²) in [7, 11) is 0. The van der Waals surface area contributed by atoms with Crippen molar-refractivity contribution >= 4 is 11.5 Å². The van der Waals surface area contributed by atoms with Gasteiger partial charge in [0.05, 0.1) is 18.4 Å². The van der Waals surface area contributed by atoms with E-state index in [4.69, 9.17) is 4.42 Å². The van der Waals surface area contributed by atoms with E-state index in [1.54, 1.807) is 12.3 Å². The maximum atomic E-state index is 11.0. The standard InChI is InChI=1S/C9H7NO2/c11-9-3-4-10-8(9)6-7-2-1-5-12-7/h1-5H,6H2. The Bertz CT molecular complexity index is 347. The number of carbonyl (C=O) groups is 1. The minimum atomic E-state index is -0.0219. The predicted octanol–water partition coefficient (Wildman–Crippen LogP) is 1.36. The summed E-state index contributed by atoms with van der Waals surface area (Å²) in [4.78, 5) is 15.0. The van der Waals surface area contributed by atoms with E-state index in [-0.39, 0.29) is 5.78 Å². The lowest BCUT2D eigenvalue weighted by atomic mass is 10.1. The molecule has 12 heavy (non-hydrogen) atoms. The van der Waals surface area contributed by atoms with Gasteiger partial charge < -0.3 is 4.42 Å². The first-order valence-electron chi connectivity index (χ1n) is 3.66. The van der Waals surface area contributed by atoms with Gasteiger partial charge in [-0.2, -0.15) is 0 Å². The van der Waals surface area contributed by atoms with Gasteiger partial charge in [0.25, 0.3) is 0 Å². The molecule has 0 N–H and O–H groups in total. The fourth-order valence-electron chi connectivity index (χ4n) is 1.07. The molecule has 1 aromatic heterocycles. The Balaban J connectivity index is 2.11. The van der Waals surface area contributed by atoms with Crippen molar-refractivity contribution in [3.8, 4) is 0 Å². The molecule has 0 saturated heterocycles.